The summed E-state index contributed by atoms with van der Waals surface area (Å²) < 4.78 is 11.5. The minimum Gasteiger partial charge on any atom is -0.493 e. The molecule has 2 aromatic rings. The summed E-state index contributed by atoms with van der Waals surface area (Å²) in [5.41, 5.74) is 3.20. The highest BCUT2D eigenvalue weighted by atomic mass is 79.9. The van der Waals surface area contributed by atoms with Crippen LogP contribution in [0.1, 0.15) is 24.1 Å². The van der Waals surface area contributed by atoms with Gasteiger partial charge in [0, 0.05) is 6.04 Å². The number of benzene rings is 1. The predicted molar refractivity (Wildman–Crippen MR) is 88.3 cm³/mol. The van der Waals surface area contributed by atoms with Crippen LogP contribution in [0.25, 0.3) is 0 Å². The number of aromatic nitrogens is 1. The second-order valence-electron chi connectivity index (χ2n) is 4.81. The summed E-state index contributed by atoms with van der Waals surface area (Å²) in [6, 6.07) is 8.12. The van der Waals surface area contributed by atoms with Crippen LogP contribution in [0.15, 0.2) is 35.1 Å². The van der Waals surface area contributed by atoms with Crippen molar-refractivity contribution in [2.75, 3.05) is 19.5 Å². The summed E-state index contributed by atoms with van der Waals surface area (Å²) in [5.74, 6) is 1.46. The third kappa shape index (κ3) is 3.67. The zero-order valence-electron chi connectivity index (χ0n) is 12.6. The van der Waals surface area contributed by atoms with Crippen LogP contribution in [-0.2, 0) is 0 Å². The summed E-state index contributed by atoms with van der Waals surface area (Å²) in [7, 11) is 3.28. The van der Waals surface area contributed by atoms with Gasteiger partial charge in [0.2, 0.25) is 0 Å². The largest absolute Gasteiger partial charge is 0.493 e. The van der Waals surface area contributed by atoms with Gasteiger partial charge in [0.15, 0.2) is 11.5 Å². The lowest BCUT2D eigenvalue weighted by molar-refractivity contribution is 0.354. The lowest BCUT2D eigenvalue weighted by Gasteiger charge is -2.18. The molecule has 0 aliphatic rings. The Morgan fingerprint density at radius 2 is 1.86 bits per heavy atom. The van der Waals surface area contributed by atoms with Gasteiger partial charge in [-0.15, -0.1) is 0 Å². The summed E-state index contributed by atoms with van der Waals surface area (Å²) in [6.07, 6.45) is 1.81. The first-order chi connectivity index (χ1) is 10.0. The van der Waals surface area contributed by atoms with Gasteiger partial charge in [0.05, 0.1) is 26.1 Å². The van der Waals surface area contributed by atoms with Crippen molar-refractivity contribution in [1.82, 2.24) is 4.98 Å². The van der Waals surface area contributed by atoms with E-state index in [1.165, 1.54) is 0 Å². The van der Waals surface area contributed by atoms with Crippen LogP contribution in [-0.4, -0.2) is 19.2 Å². The standard InChI is InChI=1S/C16H19BrN2O2/c1-10-7-13(9-18-16(10)17)19-11(2)12-5-6-14(20-3)15(8-12)21-4/h5-9,11,19H,1-4H3. The number of ether oxygens (including phenoxy) is 2. The average molecular weight is 351 g/mol. The minimum atomic E-state index is 0.132. The zero-order valence-corrected chi connectivity index (χ0v) is 14.2. The van der Waals surface area contributed by atoms with Gasteiger partial charge < -0.3 is 14.8 Å². The molecule has 0 fully saturated rings. The highest BCUT2D eigenvalue weighted by Crippen LogP contribution is 2.31. The van der Waals surface area contributed by atoms with Crippen LogP contribution >= 0.6 is 15.9 Å². The molecule has 5 heteroatoms. The van der Waals surface area contributed by atoms with Crippen molar-refractivity contribution in [3.63, 3.8) is 0 Å². The van der Waals surface area contributed by atoms with Gasteiger partial charge >= 0.3 is 0 Å². The topological polar surface area (TPSA) is 43.4 Å². The molecule has 0 spiro atoms. The quantitative estimate of drug-likeness (QED) is 0.814. The van der Waals surface area contributed by atoms with E-state index in [0.29, 0.717) is 0 Å². The first-order valence-electron chi connectivity index (χ1n) is 6.65. The van der Waals surface area contributed by atoms with Crippen LogP contribution in [0.3, 0.4) is 0 Å². The van der Waals surface area contributed by atoms with Crippen LogP contribution in [0.4, 0.5) is 5.69 Å². The molecule has 1 aromatic carbocycles. The SMILES string of the molecule is COc1ccc(C(C)Nc2cnc(Br)c(C)c2)cc1OC. The van der Waals surface area contributed by atoms with Crippen molar-refractivity contribution in [3.05, 3.63) is 46.2 Å². The van der Waals surface area contributed by atoms with Gasteiger partial charge in [0.25, 0.3) is 0 Å². The fraction of sp³-hybridized carbons (Fsp3) is 0.312. The van der Waals surface area contributed by atoms with E-state index >= 15 is 0 Å². The van der Waals surface area contributed by atoms with E-state index in [2.05, 4.69) is 39.2 Å². The van der Waals surface area contributed by atoms with Crippen molar-refractivity contribution in [3.8, 4) is 11.5 Å². The van der Waals surface area contributed by atoms with Gasteiger partial charge in [-0.1, -0.05) is 6.07 Å². The molecule has 0 aliphatic heterocycles. The molecule has 1 atom stereocenters. The number of hydrogen-bond donors (Lipinski definition) is 1. The van der Waals surface area contributed by atoms with E-state index < -0.39 is 0 Å². The second-order valence-corrected chi connectivity index (χ2v) is 5.56. The molecule has 21 heavy (non-hydrogen) atoms. The Balaban J connectivity index is 2.19. The molecule has 0 saturated heterocycles. The number of rotatable bonds is 5. The highest BCUT2D eigenvalue weighted by molar-refractivity contribution is 9.10. The lowest BCUT2D eigenvalue weighted by Crippen LogP contribution is -2.07. The van der Waals surface area contributed by atoms with Gasteiger partial charge in [-0.25, -0.2) is 4.98 Å². The summed E-state index contributed by atoms with van der Waals surface area (Å²) in [6.45, 7) is 4.11. The Bertz CT molecular complexity index is 632. The molecule has 0 radical (unpaired) electrons. The molecule has 1 aromatic heterocycles. The fourth-order valence-corrected chi connectivity index (χ4v) is 2.31. The molecule has 1 N–H and O–H groups in total. The molecule has 0 bridgehead atoms. The molecule has 0 saturated carbocycles. The maximum atomic E-state index is 5.34. The van der Waals surface area contributed by atoms with E-state index in [4.69, 9.17) is 9.47 Å². The van der Waals surface area contributed by atoms with E-state index in [1.807, 2.05) is 31.3 Å². The molecule has 1 heterocycles. The molecule has 0 aliphatic carbocycles. The van der Waals surface area contributed by atoms with Crippen LogP contribution < -0.4 is 14.8 Å². The number of pyridine rings is 1. The lowest BCUT2D eigenvalue weighted by atomic mass is 10.1. The molecule has 4 nitrogen and oxygen atoms in total. The summed E-state index contributed by atoms with van der Waals surface area (Å²) in [5, 5.41) is 3.44. The monoisotopic (exact) mass is 350 g/mol. The second kappa shape index (κ2) is 6.80. The fourth-order valence-electron chi connectivity index (χ4n) is 2.09. The van der Waals surface area contributed by atoms with Crippen molar-refractivity contribution in [2.24, 2.45) is 0 Å². The summed E-state index contributed by atoms with van der Waals surface area (Å²) in [4.78, 5) is 4.30. The Morgan fingerprint density at radius 1 is 1.14 bits per heavy atom. The van der Waals surface area contributed by atoms with Crippen LogP contribution in [0.2, 0.25) is 0 Å². The predicted octanol–water partition coefficient (Wildman–Crippen LogP) is 4.34. The highest BCUT2D eigenvalue weighted by Gasteiger charge is 2.10. The Labute approximate surface area is 133 Å². The number of methoxy groups -OCH3 is 2. The first kappa shape index (κ1) is 15.6. The van der Waals surface area contributed by atoms with Crippen molar-refractivity contribution in [1.29, 1.82) is 0 Å². The third-order valence-electron chi connectivity index (χ3n) is 3.31. The van der Waals surface area contributed by atoms with E-state index in [-0.39, 0.29) is 6.04 Å². The Morgan fingerprint density at radius 3 is 2.48 bits per heavy atom. The number of anilines is 1. The smallest absolute Gasteiger partial charge is 0.161 e. The molecule has 1 unspecified atom stereocenters. The molecule has 2 rings (SSSR count). The number of nitrogens with one attached hydrogen (secondary N) is 1. The van der Waals surface area contributed by atoms with Gasteiger partial charge in [-0.05, 0) is 59.1 Å². The van der Waals surface area contributed by atoms with E-state index in [0.717, 1.165) is 32.9 Å². The normalized spacial score (nSPS) is 11.9. The van der Waals surface area contributed by atoms with Crippen molar-refractivity contribution in [2.45, 2.75) is 19.9 Å². The summed E-state index contributed by atoms with van der Waals surface area (Å²) >= 11 is 3.41. The first-order valence-corrected chi connectivity index (χ1v) is 7.45. The maximum absolute atomic E-state index is 5.34. The van der Waals surface area contributed by atoms with Crippen LogP contribution in [0, 0.1) is 6.92 Å². The molecule has 0 amide bonds. The Hall–Kier alpha value is -1.75. The van der Waals surface area contributed by atoms with E-state index in [1.54, 1.807) is 14.2 Å². The van der Waals surface area contributed by atoms with Gasteiger partial charge in [-0.3, -0.25) is 0 Å². The molecular weight excluding hydrogens is 332 g/mol. The van der Waals surface area contributed by atoms with Crippen molar-refractivity contribution < 1.29 is 9.47 Å². The van der Waals surface area contributed by atoms with Crippen LogP contribution in [0.5, 0.6) is 11.5 Å². The number of aryl methyl sites for hydroxylation is 1. The number of hydrogen-bond acceptors (Lipinski definition) is 4. The molecule has 112 valence electrons. The Kier molecular flexibility index (Phi) is 5.07. The molecular formula is C16H19BrN2O2. The minimum absolute atomic E-state index is 0.132. The van der Waals surface area contributed by atoms with Crippen molar-refractivity contribution >= 4 is 21.6 Å². The number of nitrogens with zero attached hydrogens (tertiary/aromatic N) is 1. The average Bonchev–Trinajstić information content (AvgIpc) is 2.50. The third-order valence-corrected chi connectivity index (χ3v) is 4.14. The zero-order chi connectivity index (χ0) is 15.4. The number of halogens is 1. The van der Waals surface area contributed by atoms with Gasteiger partial charge in [-0.2, -0.15) is 0 Å². The maximum Gasteiger partial charge on any atom is 0.161 e. The van der Waals surface area contributed by atoms with Gasteiger partial charge in [0.1, 0.15) is 4.60 Å². The van der Waals surface area contributed by atoms with E-state index in [9.17, 15) is 0 Å².